The molecule has 3 aromatic rings. The van der Waals surface area contributed by atoms with Gasteiger partial charge in [-0.15, -0.1) is 0 Å². The number of rotatable bonds is 0. The molecule has 0 saturated carbocycles. The van der Waals surface area contributed by atoms with Crippen molar-refractivity contribution in [3.8, 4) is 6.07 Å². The fraction of sp³-hybridized carbons (Fsp3) is 0.118. The predicted molar refractivity (Wildman–Crippen MR) is 75.6 cm³/mol. The molecule has 0 heterocycles. The van der Waals surface area contributed by atoms with Gasteiger partial charge in [0.2, 0.25) is 0 Å². The molecule has 0 aliphatic rings. The van der Waals surface area contributed by atoms with E-state index in [4.69, 9.17) is 0 Å². The summed E-state index contributed by atoms with van der Waals surface area (Å²) in [7, 11) is 0. The summed E-state index contributed by atoms with van der Waals surface area (Å²) in [6, 6.07) is 16.9. The van der Waals surface area contributed by atoms with Gasteiger partial charge in [-0.3, -0.25) is 0 Å². The SMILES string of the molecule is Cc1ccc(C)c2c(C#N)c3ccccc3cc12. The zero-order valence-corrected chi connectivity index (χ0v) is 10.5. The minimum absolute atomic E-state index is 0.796. The van der Waals surface area contributed by atoms with E-state index in [0.29, 0.717) is 0 Å². The third-order valence-corrected chi connectivity index (χ3v) is 3.56. The predicted octanol–water partition coefficient (Wildman–Crippen LogP) is 4.48. The van der Waals surface area contributed by atoms with Gasteiger partial charge in [0.1, 0.15) is 6.07 Å². The molecule has 0 aliphatic heterocycles. The Balaban J connectivity index is 2.68. The maximum absolute atomic E-state index is 9.50. The van der Waals surface area contributed by atoms with Crippen LogP contribution in [-0.2, 0) is 0 Å². The van der Waals surface area contributed by atoms with E-state index in [1.165, 1.54) is 10.9 Å². The molecular weight excluding hydrogens is 218 g/mol. The molecule has 0 radical (unpaired) electrons. The topological polar surface area (TPSA) is 23.8 Å². The highest BCUT2D eigenvalue weighted by atomic mass is 14.3. The lowest BCUT2D eigenvalue weighted by Crippen LogP contribution is -1.89. The number of aryl methyl sites for hydroxylation is 2. The molecule has 0 aromatic heterocycles. The Morgan fingerprint density at radius 2 is 1.61 bits per heavy atom. The number of hydrogen-bond acceptors (Lipinski definition) is 1. The minimum Gasteiger partial charge on any atom is -0.192 e. The molecule has 0 fully saturated rings. The molecule has 0 unspecified atom stereocenters. The van der Waals surface area contributed by atoms with E-state index in [1.54, 1.807) is 0 Å². The van der Waals surface area contributed by atoms with Crippen LogP contribution in [0, 0.1) is 25.2 Å². The van der Waals surface area contributed by atoms with Gasteiger partial charge < -0.3 is 0 Å². The van der Waals surface area contributed by atoms with Crippen LogP contribution in [0.15, 0.2) is 42.5 Å². The van der Waals surface area contributed by atoms with Gasteiger partial charge in [0.15, 0.2) is 0 Å². The molecule has 0 amide bonds. The molecule has 0 bridgehead atoms. The first-order valence-electron chi connectivity index (χ1n) is 6.04. The third kappa shape index (κ3) is 1.39. The lowest BCUT2D eigenvalue weighted by molar-refractivity contribution is 1.45. The summed E-state index contributed by atoms with van der Waals surface area (Å²) < 4.78 is 0. The fourth-order valence-corrected chi connectivity index (χ4v) is 2.61. The van der Waals surface area contributed by atoms with Gasteiger partial charge in [0, 0.05) is 10.8 Å². The number of hydrogen-bond donors (Lipinski definition) is 0. The summed E-state index contributed by atoms with van der Waals surface area (Å²) in [5, 5.41) is 14.0. The van der Waals surface area contributed by atoms with Crippen LogP contribution < -0.4 is 0 Å². The highest BCUT2D eigenvalue weighted by Gasteiger charge is 2.10. The number of benzene rings is 3. The van der Waals surface area contributed by atoms with Crippen molar-refractivity contribution in [3.63, 3.8) is 0 Å². The van der Waals surface area contributed by atoms with Crippen molar-refractivity contribution in [1.82, 2.24) is 0 Å². The van der Waals surface area contributed by atoms with Crippen molar-refractivity contribution >= 4 is 21.5 Å². The molecule has 3 rings (SSSR count). The molecule has 18 heavy (non-hydrogen) atoms. The average Bonchev–Trinajstić information content (AvgIpc) is 2.41. The van der Waals surface area contributed by atoms with E-state index < -0.39 is 0 Å². The zero-order valence-electron chi connectivity index (χ0n) is 10.5. The molecule has 3 aromatic carbocycles. The monoisotopic (exact) mass is 231 g/mol. The maximum atomic E-state index is 9.50. The average molecular weight is 231 g/mol. The van der Waals surface area contributed by atoms with Crippen LogP contribution in [0.2, 0.25) is 0 Å². The fourth-order valence-electron chi connectivity index (χ4n) is 2.61. The Labute approximate surface area is 106 Å². The highest BCUT2D eigenvalue weighted by molar-refractivity contribution is 6.06. The second kappa shape index (κ2) is 3.85. The smallest absolute Gasteiger partial charge is 0.100 e. The molecule has 1 heteroatoms. The van der Waals surface area contributed by atoms with Crippen LogP contribution >= 0.6 is 0 Å². The number of nitrogens with zero attached hydrogens (tertiary/aromatic N) is 1. The third-order valence-electron chi connectivity index (χ3n) is 3.56. The summed E-state index contributed by atoms with van der Waals surface area (Å²) in [6.45, 7) is 4.16. The van der Waals surface area contributed by atoms with Crippen LogP contribution in [0.1, 0.15) is 16.7 Å². The Kier molecular flexibility index (Phi) is 2.31. The van der Waals surface area contributed by atoms with Gasteiger partial charge in [-0.05, 0) is 41.8 Å². The Morgan fingerprint density at radius 3 is 2.39 bits per heavy atom. The normalized spacial score (nSPS) is 10.7. The second-order valence-corrected chi connectivity index (χ2v) is 4.71. The van der Waals surface area contributed by atoms with Crippen LogP contribution in [0.25, 0.3) is 21.5 Å². The van der Waals surface area contributed by atoms with Crippen molar-refractivity contribution in [2.24, 2.45) is 0 Å². The second-order valence-electron chi connectivity index (χ2n) is 4.71. The van der Waals surface area contributed by atoms with E-state index in [0.717, 1.165) is 27.3 Å². The first-order valence-corrected chi connectivity index (χ1v) is 6.04. The molecule has 1 nitrogen and oxygen atoms in total. The van der Waals surface area contributed by atoms with E-state index in [-0.39, 0.29) is 0 Å². The lowest BCUT2D eigenvalue weighted by atomic mass is 9.92. The summed E-state index contributed by atoms with van der Waals surface area (Å²) >= 11 is 0. The van der Waals surface area contributed by atoms with Gasteiger partial charge >= 0.3 is 0 Å². The summed E-state index contributed by atoms with van der Waals surface area (Å²) in [5.74, 6) is 0. The Morgan fingerprint density at radius 1 is 0.889 bits per heavy atom. The van der Waals surface area contributed by atoms with E-state index >= 15 is 0 Å². The van der Waals surface area contributed by atoms with Gasteiger partial charge in [-0.2, -0.15) is 5.26 Å². The van der Waals surface area contributed by atoms with E-state index in [2.05, 4.69) is 44.2 Å². The number of fused-ring (bicyclic) bond motifs is 2. The maximum Gasteiger partial charge on any atom is 0.100 e. The molecule has 0 aliphatic carbocycles. The van der Waals surface area contributed by atoms with E-state index in [1.807, 2.05) is 18.2 Å². The molecule has 0 atom stereocenters. The van der Waals surface area contributed by atoms with Gasteiger partial charge in [-0.25, -0.2) is 0 Å². The Hall–Kier alpha value is -2.33. The lowest BCUT2D eigenvalue weighted by Gasteiger charge is -2.10. The molecule has 0 saturated heterocycles. The van der Waals surface area contributed by atoms with Gasteiger partial charge in [0.05, 0.1) is 5.56 Å². The summed E-state index contributed by atoms with van der Waals surface area (Å²) in [4.78, 5) is 0. The standard InChI is InChI=1S/C17H13N/c1-11-7-8-12(2)17-15(11)9-13-5-3-4-6-14(13)16(17)10-18/h3-9H,1-2H3. The molecule has 86 valence electrons. The Bertz CT molecular complexity index is 807. The van der Waals surface area contributed by atoms with Crippen molar-refractivity contribution in [1.29, 1.82) is 5.26 Å². The van der Waals surface area contributed by atoms with Crippen LogP contribution in [-0.4, -0.2) is 0 Å². The largest absolute Gasteiger partial charge is 0.192 e. The first-order chi connectivity index (χ1) is 8.72. The van der Waals surface area contributed by atoms with Crippen molar-refractivity contribution in [3.05, 3.63) is 59.2 Å². The molecule has 0 N–H and O–H groups in total. The van der Waals surface area contributed by atoms with Crippen molar-refractivity contribution < 1.29 is 0 Å². The first kappa shape index (κ1) is 10.8. The molecule has 0 spiro atoms. The van der Waals surface area contributed by atoms with Crippen LogP contribution in [0.5, 0.6) is 0 Å². The summed E-state index contributed by atoms with van der Waals surface area (Å²) in [5.41, 5.74) is 3.18. The van der Waals surface area contributed by atoms with E-state index in [9.17, 15) is 5.26 Å². The van der Waals surface area contributed by atoms with Crippen molar-refractivity contribution in [2.45, 2.75) is 13.8 Å². The van der Waals surface area contributed by atoms with Crippen LogP contribution in [0.4, 0.5) is 0 Å². The van der Waals surface area contributed by atoms with Crippen molar-refractivity contribution in [2.75, 3.05) is 0 Å². The summed E-state index contributed by atoms with van der Waals surface area (Å²) in [6.07, 6.45) is 0. The molecular formula is C17H13N. The number of nitriles is 1. The van der Waals surface area contributed by atoms with Crippen LogP contribution in [0.3, 0.4) is 0 Å². The quantitative estimate of drug-likeness (QED) is 0.523. The zero-order chi connectivity index (χ0) is 12.7. The van der Waals surface area contributed by atoms with Gasteiger partial charge in [-0.1, -0.05) is 36.4 Å². The minimum atomic E-state index is 0.796. The highest BCUT2D eigenvalue weighted by Crippen LogP contribution is 2.31. The van der Waals surface area contributed by atoms with Gasteiger partial charge in [0.25, 0.3) is 0 Å².